The smallest absolute Gasteiger partial charge is 0.276 e. The molecule has 1 aliphatic heterocycles. The molecular formula is C11H11Cl2N5O2. The van der Waals surface area contributed by atoms with Crippen molar-refractivity contribution in [2.24, 2.45) is 10.7 Å². The Labute approximate surface area is 124 Å². The van der Waals surface area contributed by atoms with Crippen LogP contribution < -0.4 is 16.4 Å². The number of aliphatic imine (C=N–C) groups is 1. The number of nitrogens with zero attached hydrogens (tertiary/aromatic N) is 1. The van der Waals surface area contributed by atoms with E-state index >= 15 is 0 Å². The van der Waals surface area contributed by atoms with Gasteiger partial charge in [-0.05, 0) is 12.5 Å². The van der Waals surface area contributed by atoms with E-state index in [4.69, 9.17) is 28.9 Å². The standard InChI is InChI=1S/C11H11Cl2N5O2/c12-5-4-7(16-8(5)13)9(19)15-3-1-2-6-10(20)18-11(14)17-6/h2,4,16H,1,3H2,(H,15,19)(H3,14,17,18,20)/b6-2-. The number of H-pyrrole nitrogens is 1. The van der Waals surface area contributed by atoms with E-state index in [1.54, 1.807) is 6.08 Å². The molecule has 9 heteroatoms. The summed E-state index contributed by atoms with van der Waals surface area (Å²) in [6.45, 7) is 0.333. The number of nitrogens with two attached hydrogens (primary N) is 1. The van der Waals surface area contributed by atoms with Gasteiger partial charge in [0.25, 0.3) is 11.8 Å². The van der Waals surface area contributed by atoms with Gasteiger partial charge in [0, 0.05) is 6.54 Å². The van der Waals surface area contributed by atoms with Crippen LogP contribution in [-0.4, -0.2) is 29.3 Å². The lowest BCUT2D eigenvalue weighted by Gasteiger charge is -2.01. The van der Waals surface area contributed by atoms with Crippen LogP contribution in [0.1, 0.15) is 16.9 Å². The molecule has 0 unspecified atom stereocenters. The van der Waals surface area contributed by atoms with Crippen molar-refractivity contribution in [3.8, 4) is 0 Å². The Morgan fingerprint density at radius 3 is 2.80 bits per heavy atom. The number of carbonyl (C=O) groups is 2. The Morgan fingerprint density at radius 1 is 1.50 bits per heavy atom. The first-order valence-electron chi connectivity index (χ1n) is 5.65. The third kappa shape index (κ3) is 3.31. The van der Waals surface area contributed by atoms with Crippen molar-refractivity contribution in [1.82, 2.24) is 15.6 Å². The third-order valence-corrected chi connectivity index (χ3v) is 3.15. The molecule has 0 radical (unpaired) electrons. The molecule has 0 fully saturated rings. The zero-order valence-electron chi connectivity index (χ0n) is 10.2. The van der Waals surface area contributed by atoms with Crippen molar-refractivity contribution in [2.75, 3.05) is 6.54 Å². The molecule has 0 aliphatic carbocycles. The largest absolute Gasteiger partial charge is 0.369 e. The van der Waals surface area contributed by atoms with Crippen molar-refractivity contribution < 1.29 is 9.59 Å². The van der Waals surface area contributed by atoms with Crippen LogP contribution in [0, 0.1) is 0 Å². The molecular weight excluding hydrogens is 305 g/mol. The summed E-state index contributed by atoms with van der Waals surface area (Å²) >= 11 is 11.4. The number of amides is 2. The molecule has 2 heterocycles. The molecule has 0 aromatic carbocycles. The van der Waals surface area contributed by atoms with E-state index in [0.717, 1.165) is 0 Å². The maximum absolute atomic E-state index is 11.7. The van der Waals surface area contributed by atoms with Gasteiger partial charge in [-0.25, -0.2) is 4.99 Å². The maximum atomic E-state index is 11.7. The van der Waals surface area contributed by atoms with Crippen LogP contribution in [0.15, 0.2) is 22.8 Å². The van der Waals surface area contributed by atoms with Gasteiger partial charge >= 0.3 is 0 Å². The van der Waals surface area contributed by atoms with E-state index in [-0.39, 0.29) is 39.3 Å². The number of aromatic nitrogens is 1. The second-order valence-corrected chi connectivity index (χ2v) is 4.72. The summed E-state index contributed by atoms with van der Waals surface area (Å²) in [5, 5.41) is 5.49. The molecule has 106 valence electrons. The molecule has 0 spiro atoms. The van der Waals surface area contributed by atoms with Crippen molar-refractivity contribution >= 4 is 41.0 Å². The van der Waals surface area contributed by atoms with Crippen LogP contribution >= 0.6 is 23.2 Å². The molecule has 0 atom stereocenters. The molecule has 2 rings (SSSR count). The Balaban J connectivity index is 1.83. The Hall–Kier alpha value is -1.99. The highest BCUT2D eigenvalue weighted by Gasteiger charge is 2.16. The lowest BCUT2D eigenvalue weighted by molar-refractivity contribution is -0.115. The Kier molecular flexibility index (Phi) is 4.31. The van der Waals surface area contributed by atoms with Crippen LogP contribution in [0.3, 0.4) is 0 Å². The van der Waals surface area contributed by atoms with E-state index in [0.29, 0.717) is 13.0 Å². The fraction of sp³-hybridized carbons (Fsp3) is 0.182. The zero-order valence-corrected chi connectivity index (χ0v) is 11.7. The van der Waals surface area contributed by atoms with Crippen LogP contribution in [0.2, 0.25) is 10.2 Å². The van der Waals surface area contributed by atoms with Crippen molar-refractivity contribution in [1.29, 1.82) is 0 Å². The third-order valence-electron chi connectivity index (χ3n) is 2.45. The minimum absolute atomic E-state index is 0.0703. The van der Waals surface area contributed by atoms with Crippen molar-refractivity contribution in [2.45, 2.75) is 6.42 Å². The van der Waals surface area contributed by atoms with Gasteiger partial charge in [-0.3, -0.25) is 14.9 Å². The predicted octanol–water partition coefficient (Wildman–Crippen LogP) is 0.770. The highest BCUT2D eigenvalue weighted by molar-refractivity contribution is 6.41. The SMILES string of the molecule is NC1=N/C(=C\CCNC(=O)c2cc(Cl)c(Cl)[nH]2)C(=O)N1. The van der Waals surface area contributed by atoms with Gasteiger partial charge in [-0.15, -0.1) is 0 Å². The minimum atomic E-state index is -0.350. The first-order chi connectivity index (χ1) is 9.47. The number of aromatic amines is 1. The molecule has 20 heavy (non-hydrogen) atoms. The van der Waals surface area contributed by atoms with E-state index in [9.17, 15) is 9.59 Å². The highest BCUT2D eigenvalue weighted by Crippen LogP contribution is 2.21. The van der Waals surface area contributed by atoms with Crippen LogP contribution in [0.5, 0.6) is 0 Å². The summed E-state index contributed by atoms with van der Waals surface area (Å²) in [6.07, 6.45) is 2.03. The van der Waals surface area contributed by atoms with Gasteiger partial charge in [0.05, 0.1) is 5.02 Å². The Morgan fingerprint density at radius 2 is 2.25 bits per heavy atom. The van der Waals surface area contributed by atoms with Crippen LogP contribution in [0.4, 0.5) is 0 Å². The molecule has 7 nitrogen and oxygen atoms in total. The molecule has 1 aromatic heterocycles. The summed E-state index contributed by atoms with van der Waals surface area (Å²) in [4.78, 5) is 29.4. The number of hydrogen-bond acceptors (Lipinski definition) is 4. The summed E-state index contributed by atoms with van der Waals surface area (Å²) in [7, 11) is 0. The highest BCUT2D eigenvalue weighted by atomic mass is 35.5. The van der Waals surface area contributed by atoms with E-state index in [1.807, 2.05) is 0 Å². The summed E-state index contributed by atoms with van der Waals surface area (Å²) in [6, 6.07) is 1.44. The molecule has 0 saturated heterocycles. The monoisotopic (exact) mass is 315 g/mol. The number of guanidine groups is 1. The van der Waals surface area contributed by atoms with Gasteiger partial charge in [0.15, 0.2) is 0 Å². The molecule has 1 aromatic rings. The second kappa shape index (κ2) is 5.98. The van der Waals surface area contributed by atoms with Crippen molar-refractivity contribution in [3.63, 3.8) is 0 Å². The zero-order chi connectivity index (χ0) is 14.7. The number of rotatable bonds is 4. The van der Waals surface area contributed by atoms with Gasteiger partial charge < -0.3 is 16.0 Å². The first kappa shape index (κ1) is 14.4. The number of hydrogen-bond donors (Lipinski definition) is 4. The van der Waals surface area contributed by atoms with Crippen LogP contribution in [-0.2, 0) is 4.79 Å². The number of halogens is 2. The summed E-state index contributed by atoms with van der Waals surface area (Å²) < 4.78 is 0. The maximum Gasteiger partial charge on any atom is 0.276 e. The van der Waals surface area contributed by atoms with E-state index in [2.05, 4.69) is 20.6 Å². The van der Waals surface area contributed by atoms with Gasteiger partial charge in [-0.2, -0.15) is 0 Å². The normalized spacial score (nSPS) is 16.2. The summed E-state index contributed by atoms with van der Waals surface area (Å²) in [5.74, 6) is -0.617. The molecule has 0 bridgehead atoms. The molecule has 2 amide bonds. The second-order valence-electron chi connectivity index (χ2n) is 3.93. The molecule has 1 aliphatic rings. The predicted molar refractivity (Wildman–Crippen MR) is 75.6 cm³/mol. The summed E-state index contributed by atoms with van der Waals surface area (Å²) in [5.41, 5.74) is 5.85. The fourth-order valence-corrected chi connectivity index (χ4v) is 1.86. The number of carbonyl (C=O) groups excluding carboxylic acids is 2. The molecule has 5 N–H and O–H groups in total. The fourth-order valence-electron chi connectivity index (χ4n) is 1.54. The van der Waals surface area contributed by atoms with Gasteiger partial charge in [-0.1, -0.05) is 29.3 Å². The lowest BCUT2D eigenvalue weighted by Crippen LogP contribution is -2.30. The first-order valence-corrected chi connectivity index (χ1v) is 6.41. The van der Waals surface area contributed by atoms with E-state index in [1.165, 1.54) is 6.07 Å². The van der Waals surface area contributed by atoms with Crippen LogP contribution in [0.25, 0.3) is 0 Å². The quantitative estimate of drug-likeness (QED) is 0.486. The minimum Gasteiger partial charge on any atom is -0.369 e. The molecule has 0 saturated carbocycles. The average molecular weight is 316 g/mol. The van der Waals surface area contributed by atoms with Gasteiger partial charge in [0.1, 0.15) is 16.5 Å². The van der Waals surface area contributed by atoms with E-state index < -0.39 is 0 Å². The topological polar surface area (TPSA) is 112 Å². The van der Waals surface area contributed by atoms with Gasteiger partial charge in [0.2, 0.25) is 5.96 Å². The number of nitrogens with one attached hydrogen (secondary N) is 3. The lowest BCUT2D eigenvalue weighted by atomic mass is 10.3. The Bertz CT molecular complexity index is 601. The van der Waals surface area contributed by atoms with Crippen molar-refractivity contribution in [3.05, 3.63) is 33.7 Å². The average Bonchev–Trinajstić information content (AvgIpc) is 2.88.